The van der Waals surface area contributed by atoms with Crippen LogP contribution in [0.2, 0.25) is 0 Å². The van der Waals surface area contributed by atoms with Crippen molar-refractivity contribution >= 4 is 17.3 Å². The van der Waals surface area contributed by atoms with E-state index in [4.69, 9.17) is 5.73 Å². The van der Waals surface area contributed by atoms with Gasteiger partial charge in [-0.1, -0.05) is 19.8 Å². The van der Waals surface area contributed by atoms with Gasteiger partial charge in [-0.3, -0.25) is 10.1 Å². The standard InChI is InChI=1S/C11H17N5O2/c1-7-4-2-3-5-8(7)15-11-9(16(17)18)10(12)13-6-14-11/h6-8H,2-5H2,1H3,(H3,12,13,14,15). The molecule has 18 heavy (non-hydrogen) atoms. The van der Waals surface area contributed by atoms with Crippen molar-refractivity contribution in [1.29, 1.82) is 0 Å². The highest BCUT2D eigenvalue weighted by Crippen LogP contribution is 2.31. The molecule has 1 saturated carbocycles. The molecule has 1 fully saturated rings. The van der Waals surface area contributed by atoms with Gasteiger partial charge >= 0.3 is 5.69 Å². The van der Waals surface area contributed by atoms with E-state index in [0.717, 1.165) is 19.3 Å². The third-order valence-electron chi connectivity index (χ3n) is 3.47. The SMILES string of the molecule is CC1CCCCC1Nc1ncnc(N)c1[N+](=O)[O-]. The van der Waals surface area contributed by atoms with Crippen molar-refractivity contribution in [2.24, 2.45) is 5.92 Å². The normalized spacial score (nSPS) is 23.6. The maximum Gasteiger partial charge on any atom is 0.352 e. The van der Waals surface area contributed by atoms with E-state index in [1.54, 1.807) is 0 Å². The van der Waals surface area contributed by atoms with Crippen LogP contribution in [0.4, 0.5) is 17.3 Å². The summed E-state index contributed by atoms with van der Waals surface area (Å²) >= 11 is 0. The van der Waals surface area contributed by atoms with Gasteiger partial charge in [0.1, 0.15) is 6.33 Å². The van der Waals surface area contributed by atoms with E-state index in [0.29, 0.717) is 5.92 Å². The molecule has 0 amide bonds. The Morgan fingerprint density at radius 2 is 2.17 bits per heavy atom. The summed E-state index contributed by atoms with van der Waals surface area (Å²) in [5.74, 6) is 0.613. The van der Waals surface area contributed by atoms with Crippen molar-refractivity contribution in [3.8, 4) is 0 Å². The summed E-state index contributed by atoms with van der Waals surface area (Å²) in [5, 5.41) is 14.1. The highest BCUT2D eigenvalue weighted by atomic mass is 16.6. The summed E-state index contributed by atoms with van der Waals surface area (Å²) in [6.45, 7) is 2.15. The van der Waals surface area contributed by atoms with Gasteiger partial charge in [-0.05, 0) is 18.8 Å². The fraction of sp³-hybridized carbons (Fsp3) is 0.636. The maximum atomic E-state index is 11.0. The molecule has 1 aliphatic rings. The van der Waals surface area contributed by atoms with Crippen LogP contribution in [0.1, 0.15) is 32.6 Å². The molecule has 1 heterocycles. The number of nitrogen functional groups attached to an aromatic ring is 1. The Morgan fingerprint density at radius 3 is 2.83 bits per heavy atom. The zero-order valence-electron chi connectivity index (χ0n) is 10.3. The molecule has 0 aliphatic heterocycles. The number of anilines is 2. The molecule has 2 unspecified atom stereocenters. The molecule has 2 atom stereocenters. The van der Waals surface area contributed by atoms with E-state index in [9.17, 15) is 10.1 Å². The third-order valence-corrected chi connectivity index (χ3v) is 3.47. The van der Waals surface area contributed by atoms with Crippen LogP contribution < -0.4 is 11.1 Å². The first kappa shape index (κ1) is 12.5. The smallest absolute Gasteiger partial charge is 0.352 e. The van der Waals surface area contributed by atoms with Gasteiger partial charge in [-0.2, -0.15) is 0 Å². The summed E-state index contributed by atoms with van der Waals surface area (Å²) in [5.41, 5.74) is 5.30. The molecule has 0 saturated heterocycles. The molecule has 1 aliphatic carbocycles. The second-order valence-corrected chi connectivity index (χ2v) is 4.73. The summed E-state index contributed by atoms with van der Waals surface area (Å²) in [7, 11) is 0. The zero-order chi connectivity index (χ0) is 13.1. The van der Waals surface area contributed by atoms with Gasteiger partial charge in [0.05, 0.1) is 4.92 Å². The molecule has 0 radical (unpaired) electrons. The quantitative estimate of drug-likeness (QED) is 0.628. The average molecular weight is 251 g/mol. The van der Waals surface area contributed by atoms with Gasteiger partial charge in [0, 0.05) is 6.04 Å². The second kappa shape index (κ2) is 5.16. The second-order valence-electron chi connectivity index (χ2n) is 4.73. The van der Waals surface area contributed by atoms with Crippen molar-refractivity contribution in [2.45, 2.75) is 38.6 Å². The Kier molecular flexibility index (Phi) is 3.59. The molecule has 1 aromatic heterocycles. The molecule has 0 bridgehead atoms. The lowest BCUT2D eigenvalue weighted by Crippen LogP contribution is -2.31. The first-order valence-corrected chi connectivity index (χ1v) is 6.11. The summed E-state index contributed by atoms with van der Waals surface area (Å²) in [6, 6.07) is 0.215. The Balaban J connectivity index is 2.23. The summed E-state index contributed by atoms with van der Waals surface area (Å²) < 4.78 is 0. The van der Waals surface area contributed by atoms with Gasteiger partial charge in [-0.15, -0.1) is 0 Å². The summed E-state index contributed by atoms with van der Waals surface area (Å²) in [6.07, 6.45) is 5.73. The van der Waals surface area contributed by atoms with Crippen LogP contribution in [0.25, 0.3) is 0 Å². The molecule has 0 aromatic carbocycles. The lowest BCUT2D eigenvalue weighted by atomic mass is 9.86. The van der Waals surface area contributed by atoms with Crippen LogP contribution in [0.15, 0.2) is 6.33 Å². The van der Waals surface area contributed by atoms with Crippen molar-refractivity contribution in [1.82, 2.24) is 9.97 Å². The third kappa shape index (κ3) is 2.49. The van der Waals surface area contributed by atoms with E-state index in [1.807, 2.05) is 0 Å². The van der Waals surface area contributed by atoms with E-state index in [2.05, 4.69) is 22.2 Å². The van der Waals surface area contributed by atoms with E-state index < -0.39 is 4.92 Å². The number of aromatic nitrogens is 2. The minimum absolute atomic E-state index is 0.0963. The Hall–Kier alpha value is -1.92. The lowest BCUT2D eigenvalue weighted by molar-refractivity contribution is -0.383. The van der Waals surface area contributed by atoms with Crippen molar-refractivity contribution in [2.75, 3.05) is 11.1 Å². The van der Waals surface area contributed by atoms with Gasteiger partial charge in [0.15, 0.2) is 0 Å². The van der Waals surface area contributed by atoms with E-state index in [-0.39, 0.29) is 23.4 Å². The maximum absolute atomic E-state index is 11.0. The van der Waals surface area contributed by atoms with Crippen LogP contribution in [0.5, 0.6) is 0 Å². The predicted octanol–water partition coefficient (Wildman–Crippen LogP) is 1.96. The average Bonchev–Trinajstić information content (AvgIpc) is 2.31. The number of nitrogens with two attached hydrogens (primary N) is 1. The van der Waals surface area contributed by atoms with Crippen molar-refractivity contribution < 1.29 is 4.92 Å². The number of nitro groups is 1. The predicted molar refractivity (Wildman–Crippen MR) is 68.1 cm³/mol. The molecule has 7 nitrogen and oxygen atoms in total. The van der Waals surface area contributed by atoms with Crippen molar-refractivity contribution in [3.05, 3.63) is 16.4 Å². The minimum Gasteiger partial charge on any atom is -0.378 e. The van der Waals surface area contributed by atoms with E-state index >= 15 is 0 Å². The largest absolute Gasteiger partial charge is 0.378 e. The minimum atomic E-state index is -0.537. The molecule has 98 valence electrons. The van der Waals surface area contributed by atoms with Crippen LogP contribution in [-0.4, -0.2) is 20.9 Å². The first-order chi connectivity index (χ1) is 8.59. The van der Waals surface area contributed by atoms with Gasteiger partial charge < -0.3 is 11.1 Å². The molecule has 2 rings (SSSR count). The van der Waals surface area contributed by atoms with Crippen LogP contribution >= 0.6 is 0 Å². The first-order valence-electron chi connectivity index (χ1n) is 6.11. The zero-order valence-corrected chi connectivity index (χ0v) is 10.3. The van der Waals surface area contributed by atoms with Gasteiger partial charge in [-0.25, -0.2) is 9.97 Å². The monoisotopic (exact) mass is 251 g/mol. The molecule has 7 heteroatoms. The molecular weight excluding hydrogens is 234 g/mol. The summed E-state index contributed by atoms with van der Waals surface area (Å²) in [4.78, 5) is 18.0. The fourth-order valence-corrected chi connectivity index (χ4v) is 2.38. The van der Waals surface area contributed by atoms with E-state index in [1.165, 1.54) is 12.7 Å². The Labute approximate surface area is 105 Å². The number of hydrogen-bond donors (Lipinski definition) is 2. The van der Waals surface area contributed by atoms with Gasteiger partial charge in [0.25, 0.3) is 0 Å². The number of nitrogens with zero attached hydrogens (tertiary/aromatic N) is 3. The number of nitrogens with one attached hydrogen (secondary N) is 1. The number of hydrogen-bond acceptors (Lipinski definition) is 6. The topological polar surface area (TPSA) is 107 Å². The lowest BCUT2D eigenvalue weighted by Gasteiger charge is -2.29. The Morgan fingerprint density at radius 1 is 1.44 bits per heavy atom. The molecule has 3 N–H and O–H groups in total. The molecule has 0 spiro atoms. The fourth-order valence-electron chi connectivity index (χ4n) is 2.38. The van der Waals surface area contributed by atoms with Crippen LogP contribution in [0, 0.1) is 16.0 Å². The molecule has 1 aromatic rings. The van der Waals surface area contributed by atoms with Crippen LogP contribution in [0.3, 0.4) is 0 Å². The van der Waals surface area contributed by atoms with Crippen molar-refractivity contribution in [3.63, 3.8) is 0 Å². The number of rotatable bonds is 3. The highest BCUT2D eigenvalue weighted by Gasteiger charge is 2.26. The van der Waals surface area contributed by atoms with Crippen LogP contribution in [-0.2, 0) is 0 Å². The molecular formula is C11H17N5O2. The Bertz CT molecular complexity index is 451. The highest BCUT2D eigenvalue weighted by molar-refractivity contribution is 5.67. The van der Waals surface area contributed by atoms with Gasteiger partial charge in [0.2, 0.25) is 11.6 Å².